The Bertz CT molecular complexity index is 294. The molecule has 0 heterocycles. The molecule has 142 valence electrons. The SMILES string of the molecule is CC(C)CCCCCCC/C=C\CCCCCCCCCC(=O)O. The molecule has 0 spiro atoms. The molecule has 0 rings (SSSR count). The summed E-state index contributed by atoms with van der Waals surface area (Å²) in [6.07, 6.45) is 24.2. The lowest BCUT2D eigenvalue weighted by molar-refractivity contribution is -0.137. The monoisotopic (exact) mass is 338 g/mol. The van der Waals surface area contributed by atoms with Crippen LogP contribution in [0, 0.1) is 5.92 Å². The summed E-state index contributed by atoms with van der Waals surface area (Å²) in [6.45, 7) is 4.63. The van der Waals surface area contributed by atoms with E-state index in [2.05, 4.69) is 26.0 Å². The number of unbranched alkanes of at least 4 members (excludes halogenated alkanes) is 12. The fraction of sp³-hybridized carbons (Fsp3) is 0.864. The van der Waals surface area contributed by atoms with Crippen molar-refractivity contribution in [1.29, 1.82) is 0 Å². The minimum absolute atomic E-state index is 0.336. The predicted octanol–water partition coefficient (Wildman–Crippen LogP) is 7.52. The second-order valence-electron chi connectivity index (χ2n) is 7.62. The van der Waals surface area contributed by atoms with E-state index in [9.17, 15) is 4.79 Å². The summed E-state index contributed by atoms with van der Waals surface area (Å²) >= 11 is 0. The van der Waals surface area contributed by atoms with E-state index in [4.69, 9.17) is 5.11 Å². The van der Waals surface area contributed by atoms with Gasteiger partial charge in [-0.15, -0.1) is 0 Å². The van der Waals surface area contributed by atoms with Crippen LogP contribution in [0.3, 0.4) is 0 Å². The molecule has 2 heteroatoms. The van der Waals surface area contributed by atoms with Gasteiger partial charge in [0, 0.05) is 6.42 Å². The number of hydrogen-bond acceptors (Lipinski definition) is 1. The van der Waals surface area contributed by atoms with Gasteiger partial charge in [-0.3, -0.25) is 4.79 Å². The molecular weight excluding hydrogens is 296 g/mol. The average Bonchev–Trinajstić information content (AvgIpc) is 2.53. The first-order valence-corrected chi connectivity index (χ1v) is 10.5. The third kappa shape index (κ3) is 21.2. The summed E-state index contributed by atoms with van der Waals surface area (Å²) in [5.74, 6) is 0.206. The standard InChI is InChI=1S/C22H42O2/c1-21(2)19-17-15-13-11-9-7-5-3-4-6-8-10-12-14-16-18-20-22(23)24/h3,5,21H,4,6-20H2,1-2H3,(H,23,24)/b5-3-. The Hall–Kier alpha value is -0.790. The number of rotatable bonds is 18. The smallest absolute Gasteiger partial charge is 0.303 e. The maximum Gasteiger partial charge on any atom is 0.303 e. The summed E-state index contributed by atoms with van der Waals surface area (Å²) < 4.78 is 0. The second-order valence-corrected chi connectivity index (χ2v) is 7.62. The Labute approximate surface area is 151 Å². The van der Waals surface area contributed by atoms with Crippen LogP contribution in [0.4, 0.5) is 0 Å². The molecule has 0 saturated carbocycles. The van der Waals surface area contributed by atoms with Gasteiger partial charge in [0.15, 0.2) is 0 Å². The highest BCUT2D eigenvalue weighted by molar-refractivity contribution is 5.66. The molecule has 24 heavy (non-hydrogen) atoms. The van der Waals surface area contributed by atoms with Gasteiger partial charge in [0.2, 0.25) is 0 Å². The van der Waals surface area contributed by atoms with Crippen molar-refractivity contribution in [3.8, 4) is 0 Å². The van der Waals surface area contributed by atoms with Crippen molar-refractivity contribution in [3.63, 3.8) is 0 Å². The number of hydrogen-bond donors (Lipinski definition) is 1. The average molecular weight is 339 g/mol. The van der Waals surface area contributed by atoms with E-state index in [0.717, 1.165) is 18.8 Å². The predicted molar refractivity (Wildman–Crippen MR) is 105 cm³/mol. The number of carboxylic acid groups (broad SMARTS) is 1. The Balaban J connectivity index is 3.10. The Kier molecular flexibility index (Phi) is 17.9. The number of carboxylic acids is 1. The van der Waals surface area contributed by atoms with Gasteiger partial charge in [-0.05, 0) is 38.0 Å². The van der Waals surface area contributed by atoms with Crippen molar-refractivity contribution in [2.75, 3.05) is 0 Å². The second kappa shape index (κ2) is 18.5. The molecule has 0 amide bonds. The molecule has 0 saturated heterocycles. The summed E-state index contributed by atoms with van der Waals surface area (Å²) in [6, 6.07) is 0. The van der Waals surface area contributed by atoms with Crippen LogP contribution >= 0.6 is 0 Å². The first-order chi connectivity index (χ1) is 11.6. The van der Waals surface area contributed by atoms with Gasteiger partial charge in [0.1, 0.15) is 0 Å². The third-order valence-electron chi connectivity index (χ3n) is 4.58. The van der Waals surface area contributed by atoms with Gasteiger partial charge in [-0.2, -0.15) is 0 Å². The third-order valence-corrected chi connectivity index (χ3v) is 4.58. The normalized spacial score (nSPS) is 11.6. The lowest BCUT2D eigenvalue weighted by Crippen LogP contribution is -1.93. The zero-order valence-corrected chi connectivity index (χ0v) is 16.4. The van der Waals surface area contributed by atoms with Gasteiger partial charge >= 0.3 is 5.97 Å². The van der Waals surface area contributed by atoms with Gasteiger partial charge in [-0.1, -0.05) is 90.2 Å². The minimum atomic E-state index is -0.659. The molecule has 1 N–H and O–H groups in total. The van der Waals surface area contributed by atoms with Crippen LogP contribution in [0.5, 0.6) is 0 Å². The van der Waals surface area contributed by atoms with E-state index in [1.165, 1.54) is 83.5 Å². The molecule has 0 aromatic carbocycles. The molecule has 2 nitrogen and oxygen atoms in total. The van der Waals surface area contributed by atoms with Gasteiger partial charge in [0.05, 0.1) is 0 Å². The highest BCUT2D eigenvalue weighted by atomic mass is 16.4. The molecule has 0 aliphatic carbocycles. The molecular formula is C22H42O2. The van der Waals surface area contributed by atoms with Gasteiger partial charge in [0.25, 0.3) is 0 Å². The van der Waals surface area contributed by atoms with Crippen LogP contribution in [0.1, 0.15) is 117 Å². The highest BCUT2D eigenvalue weighted by Crippen LogP contribution is 2.12. The van der Waals surface area contributed by atoms with Crippen molar-refractivity contribution >= 4 is 5.97 Å². The van der Waals surface area contributed by atoms with Crippen LogP contribution in [-0.4, -0.2) is 11.1 Å². The van der Waals surface area contributed by atoms with Crippen molar-refractivity contribution in [3.05, 3.63) is 12.2 Å². The van der Waals surface area contributed by atoms with E-state index in [-0.39, 0.29) is 0 Å². The van der Waals surface area contributed by atoms with Crippen molar-refractivity contribution in [1.82, 2.24) is 0 Å². The summed E-state index contributed by atoms with van der Waals surface area (Å²) in [5, 5.41) is 8.55. The molecule has 0 unspecified atom stereocenters. The van der Waals surface area contributed by atoms with E-state index in [0.29, 0.717) is 6.42 Å². The largest absolute Gasteiger partial charge is 0.481 e. The van der Waals surface area contributed by atoms with Crippen molar-refractivity contribution in [2.45, 2.75) is 117 Å². The number of carbonyl (C=O) groups is 1. The number of allylic oxidation sites excluding steroid dienone is 2. The van der Waals surface area contributed by atoms with E-state index >= 15 is 0 Å². The molecule has 0 fully saturated rings. The van der Waals surface area contributed by atoms with Crippen molar-refractivity contribution < 1.29 is 9.90 Å². The Morgan fingerprint density at radius 2 is 1.12 bits per heavy atom. The first kappa shape index (κ1) is 23.2. The molecule has 0 aromatic heterocycles. The zero-order valence-electron chi connectivity index (χ0n) is 16.4. The van der Waals surface area contributed by atoms with Crippen molar-refractivity contribution in [2.24, 2.45) is 5.92 Å². The van der Waals surface area contributed by atoms with E-state index < -0.39 is 5.97 Å². The molecule has 0 aliphatic heterocycles. The lowest BCUT2D eigenvalue weighted by atomic mass is 10.0. The number of aliphatic carboxylic acids is 1. The van der Waals surface area contributed by atoms with E-state index in [1.54, 1.807) is 0 Å². The van der Waals surface area contributed by atoms with Gasteiger partial charge in [-0.25, -0.2) is 0 Å². The Morgan fingerprint density at radius 1 is 0.708 bits per heavy atom. The molecule has 0 radical (unpaired) electrons. The molecule has 0 atom stereocenters. The molecule has 0 bridgehead atoms. The molecule has 0 aliphatic rings. The van der Waals surface area contributed by atoms with Crippen LogP contribution in [-0.2, 0) is 4.79 Å². The maximum absolute atomic E-state index is 10.4. The first-order valence-electron chi connectivity index (χ1n) is 10.5. The van der Waals surface area contributed by atoms with Crippen LogP contribution in [0.25, 0.3) is 0 Å². The topological polar surface area (TPSA) is 37.3 Å². The Morgan fingerprint density at radius 3 is 1.58 bits per heavy atom. The summed E-state index contributed by atoms with van der Waals surface area (Å²) in [7, 11) is 0. The van der Waals surface area contributed by atoms with Gasteiger partial charge < -0.3 is 5.11 Å². The fourth-order valence-electron chi connectivity index (χ4n) is 3.00. The van der Waals surface area contributed by atoms with Crippen LogP contribution in [0.2, 0.25) is 0 Å². The minimum Gasteiger partial charge on any atom is -0.481 e. The fourth-order valence-corrected chi connectivity index (χ4v) is 3.00. The van der Waals surface area contributed by atoms with Crippen LogP contribution < -0.4 is 0 Å². The quantitative estimate of drug-likeness (QED) is 0.207. The zero-order chi connectivity index (χ0) is 17.9. The summed E-state index contributed by atoms with van der Waals surface area (Å²) in [4.78, 5) is 10.4. The van der Waals surface area contributed by atoms with E-state index in [1.807, 2.05) is 0 Å². The maximum atomic E-state index is 10.4. The lowest BCUT2D eigenvalue weighted by Gasteiger charge is -2.03. The van der Waals surface area contributed by atoms with Crippen LogP contribution in [0.15, 0.2) is 12.2 Å². The highest BCUT2D eigenvalue weighted by Gasteiger charge is 1.96. The molecule has 0 aromatic rings. The summed E-state index contributed by atoms with van der Waals surface area (Å²) in [5.41, 5.74) is 0.